The SMILES string of the molecule is Nc1ccc(-c2ccc(-c3ccc(N(c4ccc(-c5ccccc5)cc4)c4ccc5c(c4)C(c4ccccc4)(c4ccccc4)c4ccccc4-5)cc3)cc2)cc1C1=Cc2cccc3cccc1c23. The fourth-order valence-electron chi connectivity index (χ4n) is 11.3. The summed E-state index contributed by atoms with van der Waals surface area (Å²) in [5, 5.41) is 2.55. The molecule has 2 aliphatic carbocycles. The van der Waals surface area contributed by atoms with Crippen molar-refractivity contribution in [3.8, 4) is 44.5 Å². The summed E-state index contributed by atoms with van der Waals surface area (Å²) in [5.41, 5.74) is 29.6. The third-order valence-electron chi connectivity index (χ3n) is 14.5. The molecular weight excluding hydrogens is 833 g/mol. The predicted molar refractivity (Wildman–Crippen MR) is 290 cm³/mol. The summed E-state index contributed by atoms with van der Waals surface area (Å²) in [6.45, 7) is 0. The van der Waals surface area contributed by atoms with Gasteiger partial charge in [0.15, 0.2) is 0 Å². The molecule has 0 unspecified atom stereocenters. The van der Waals surface area contributed by atoms with E-state index in [-0.39, 0.29) is 0 Å². The number of fused-ring (bicyclic) bond motifs is 3. The normalized spacial score (nSPS) is 12.9. The monoisotopic (exact) mass is 878 g/mol. The van der Waals surface area contributed by atoms with E-state index >= 15 is 0 Å². The predicted octanol–water partition coefficient (Wildman–Crippen LogP) is 17.2. The van der Waals surface area contributed by atoms with E-state index in [1.807, 2.05) is 6.07 Å². The molecule has 0 aromatic heterocycles. The highest BCUT2D eigenvalue weighted by atomic mass is 15.1. The summed E-state index contributed by atoms with van der Waals surface area (Å²) < 4.78 is 0. The van der Waals surface area contributed by atoms with Crippen LogP contribution in [0.4, 0.5) is 22.7 Å². The largest absolute Gasteiger partial charge is 0.398 e. The number of hydrogen-bond donors (Lipinski definition) is 1. The first-order chi connectivity index (χ1) is 34.1. The van der Waals surface area contributed by atoms with Gasteiger partial charge in [0.25, 0.3) is 0 Å². The number of anilines is 4. The van der Waals surface area contributed by atoms with Gasteiger partial charge in [-0.15, -0.1) is 0 Å². The number of hydrogen-bond acceptors (Lipinski definition) is 2. The van der Waals surface area contributed by atoms with Gasteiger partial charge in [0.05, 0.1) is 5.41 Å². The van der Waals surface area contributed by atoms with Crippen molar-refractivity contribution in [3.05, 3.63) is 300 Å². The van der Waals surface area contributed by atoms with Crippen molar-refractivity contribution in [1.82, 2.24) is 0 Å². The molecule has 0 saturated heterocycles. The fraction of sp³-hybridized carbons (Fsp3) is 0.0149. The van der Waals surface area contributed by atoms with E-state index in [0.717, 1.165) is 50.6 Å². The highest BCUT2D eigenvalue weighted by Crippen LogP contribution is 2.57. The van der Waals surface area contributed by atoms with Crippen molar-refractivity contribution in [1.29, 1.82) is 0 Å². The number of benzene rings is 11. The lowest BCUT2D eigenvalue weighted by molar-refractivity contribution is 0.768. The standard InChI is InChI=1S/C67H46N2/c68-65-41-34-51(42-62(65)61-43-52-18-12-16-50-17-13-24-60(61)66(50)52)49-28-26-46(27-29-49)48-32-37-56(38-33-48)69(55-35-30-47(31-36-55)45-14-4-1-5-15-45)57-39-40-59-58-23-10-11-25-63(58)67(64(59)44-57,53-19-6-2-7-20-53)54-21-8-3-9-22-54/h1-44H,68H2. The molecule has 0 saturated carbocycles. The quantitative estimate of drug-likeness (QED) is 0.146. The van der Waals surface area contributed by atoms with Crippen molar-refractivity contribution < 1.29 is 0 Å². The molecule has 0 fully saturated rings. The number of nitrogens with zero attached hydrogens (tertiary/aromatic N) is 1. The summed E-state index contributed by atoms with van der Waals surface area (Å²) in [5.74, 6) is 0. The Balaban J connectivity index is 0.881. The van der Waals surface area contributed by atoms with E-state index in [2.05, 4.69) is 266 Å². The molecular formula is C67H46N2. The molecule has 0 radical (unpaired) electrons. The Morgan fingerprint density at radius 1 is 0.319 bits per heavy atom. The van der Waals surface area contributed by atoms with Crippen molar-refractivity contribution in [2.24, 2.45) is 0 Å². The lowest BCUT2D eigenvalue weighted by Gasteiger charge is -2.35. The van der Waals surface area contributed by atoms with Crippen LogP contribution < -0.4 is 10.6 Å². The second-order valence-electron chi connectivity index (χ2n) is 18.2. The molecule has 2 heteroatoms. The van der Waals surface area contributed by atoms with E-state index in [1.165, 1.54) is 72.0 Å². The van der Waals surface area contributed by atoms with Crippen molar-refractivity contribution in [2.45, 2.75) is 5.41 Å². The smallest absolute Gasteiger partial charge is 0.0714 e. The van der Waals surface area contributed by atoms with Gasteiger partial charge in [-0.05, 0) is 149 Å². The van der Waals surface area contributed by atoms with Gasteiger partial charge in [0.2, 0.25) is 0 Å². The molecule has 2 aliphatic rings. The minimum absolute atomic E-state index is 0.508. The van der Waals surface area contributed by atoms with Crippen LogP contribution in [0.1, 0.15) is 38.9 Å². The topological polar surface area (TPSA) is 29.3 Å². The van der Waals surface area contributed by atoms with Crippen LogP contribution in [0.15, 0.2) is 261 Å². The first kappa shape index (κ1) is 40.3. The summed E-state index contributed by atoms with van der Waals surface area (Å²) in [6.07, 6.45) is 2.28. The van der Waals surface area contributed by atoms with Gasteiger partial charge in [-0.1, -0.05) is 212 Å². The lowest BCUT2D eigenvalue weighted by Crippen LogP contribution is -2.28. The van der Waals surface area contributed by atoms with Crippen molar-refractivity contribution >= 4 is 45.2 Å². The fourth-order valence-corrected chi connectivity index (χ4v) is 11.3. The van der Waals surface area contributed by atoms with E-state index in [1.54, 1.807) is 0 Å². The van der Waals surface area contributed by atoms with Crippen LogP contribution in [0.3, 0.4) is 0 Å². The third-order valence-corrected chi connectivity index (χ3v) is 14.5. The Morgan fingerprint density at radius 2 is 0.797 bits per heavy atom. The number of nitrogens with two attached hydrogens (primary N) is 1. The first-order valence-corrected chi connectivity index (χ1v) is 23.8. The third kappa shape index (κ3) is 6.64. The second-order valence-corrected chi connectivity index (χ2v) is 18.2. The maximum absolute atomic E-state index is 6.71. The molecule has 0 bridgehead atoms. The van der Waals surface area contributed by atoms with E-state index in [4.69, 9.17) is 5.73 Å². The van der Waals surface area contributed by atoms with Crippen LogP contribution in [0.5, 0.6) is 0 Å². The molecule has 69 heavy (non-hydrogen) atoms. The van der Waals surface area contributed by atoms with Gasteiger partial charge in [-0.3, -0.25) is 0 Å². The van der Waals surface area contributed by atoms with Crippen molar-refractivity contribution in [2.75, 3.05) is 10.6 Å². The van der Waals surface area contributed by atoms with E-state index < -0.39 is 5.41 Å². The summed E-state index contributed by atoms with van der Waals surface area (Å²) in [7, 11) is 0. The summed E-state index contributed by atoms with van der Waals surface area (Å²) in [6, 6.07) is 95.1. The number of rotatable bonds is 9. The van der Waals surface area contributed by atoms with Crippen LogP contribution in [-0.4, -0.2) is 0 Å². The molecule has 11 aromatic carbocycles. The summed E-state index contributed by atoms with van der Waals surface area (Å²) >= 11 is 0. The molecule has 2 N–H and O–H groups in total. The van der Waals surface area contributed by atoms with Gasteiger partial charge in [-0.2, -0.15) is 0 Å². The Hall–Kier alpha value is -8.98. The summed E-state index contributed by atoms with van der Waals surface area (Å²) in [4.78, 5) is 2.41. The van der Waals surface area contributed by atoms with Gasteiger partial charge in [-0.25, -0.2) is 0 Å². The maximum Gasteiger partial charge on any atom is 0.0714 e. The number of nitrogen functional groups attached to an aromatic ring is 1. The van der Waals surface area contributed by atoms with Crippen LogP contribution in [0, 0.1) is 0 Å². The second kappa shape index (κ2) is 16.4. The van der Waals surface area contributed by atoms with E-state index in [9.17, 15) is 0 Å². The first-order valence-electron chi connectivity index (χ1n) is 23.8. The molecule has 11 aromatic rings. The Bertz CT molecular complexity index is 3700. The Kier molecular flexibility index (Phi) is 9.59. The van der Waals surface area contributed by atoms with Crippen LogP contribution in [-0.2, 0) is 5.41 Å². The zero-order valence-electron chi connectivity index (χ0n) is 37.9. The Labute approximate surface area is 403 Å². The molecule has 0 atom stereocenters. The molecule has 0 aliphatic heterocycles. The minimum atomic E-state index is -0.508. The maximum atomic E-state index is 6.71. The van der Waals surface area contributed by atoms with Gasteiger partial charge < -0.3 is 10.6 Å². The van der Waals surface area contributed by atoms with Crippen LogP contribution in [0.2, 0.25) is 0 Å². The zero-order valence-corrected chi connectivity index (χ0v) is 37.9. The molecule has 0 amide bonds. The Morgan fingerprint density at radius 3 is 1.43 bits per heavy atom. The molecule has 324 valence electrons. The molecule has 2 nitrogen and oxygen atoms in total. The van der Waals surface area contributed by atoms with Crippen LogP contribution in [0.25, 0.3) is 66.9 Å². The molecule has 0 heterocycles. The average molecular weight is 879 g/mol. The highest BCUT2D eigenvalue weighted by molar-refractivity contribution is 6.14. The van der Waals surface area contributed by atoms with Gasteiger partial charge in [0, 0.05) is 28.3 Å². The van der Waals surface area contributed by atoms with Gasteiger partial charge >= 0.3 is 0 Å². The van der Waals surface area contributed by atoms with Gasteiger partial charge in [0.1, 0.15) is 0 Å². The highest BCUT2D eigenvalue weighted by Gasteiger charge is 2.46. The van der Waals surface area contributed by atoms with Crippen molar-refractivity contribution in [3.63, 3.8) is 0 Å². The average Bonchev–Trinajstić information content (AvgIpc) is 3.95. The minimum Gasteiger partial charge on any atom is -0.398 e. The zero-order chi connectivity index (χ0) is 45.9. The molecule has 0 spiro atoms. The molecule has 13 rings (SSSR count). The van der Waals surface area contributed by atoms with Crippen LogP contribution >= 0.6 is 0 Å². The van der Waals surface area contributed by atoms with E-state index in [0.29, 0.717) is 0 Å². The lowest BCUT2D eigenvalue weighted by atomic mass is 9.67.